The summed E-state index contributed by atoms with van der Waals surface area (Å²) in [4.78, 5) is 15.1. The molecule has 1 heterocycles. The molecule has 1 amide bonds. The molecule has 0 aliphatic heterocycles. The van der Waals surface area contributed by atoms with Gasteiger partial charge in [-0.25, -0.2) is 13.4 Å². The Kier molecular flexibility index (Phi) is 3.22. The van der Waals surface area contributed by atoms with Crippen molar-refractivity contribution in [1.82, 2.24) is 4.98 Å². The van der Waals surface area contributed by atoms with E-state index in [4.69, 9.17) is 0 Å². The molecule has 1 unspecified atom stereocenters. The fourth-order valence-electron chi connectivity index (χ4n) is 0.687. The van der Waals surface area contributed by atoms with Crippen LogP contribution >= 0.6 is 11.3 Å². The average Bonchev–Trinajstić information content (AvgIpc) is 2.53. The lowest BCUT2D eigenvalue weighted by atomic mass is 10.4. The fraction of sp³-hybridized carbons (Fsp3) is 0.429. The van der Waals surface area contributed by atoms with Crippen molar-refractivity contribution in [2.75, 3.05) is 11.6 Å². The number of anilines is 1. The van der Waals surface area contributed by atoms with Crippen molar-refractivity contribution >= 4 is 32.2 Å². The van der Waals surface area contributed by atoms with Crippen molar-refractivity contribution in [3.05, 3.63) is 11.6 Å². The van der Waals surface area contributed by atoms with Gasteiger partial charge >= 0.3 is 0 Å². The maximum atomic E-state index is 11.3. The molecule has 1 aromatic heterocycles. The van der Waals surface area contributed by atoms with E-state index < -0.39 is 21.0 Å². The summed E-state index contributed by atoms with van der Waals surface area (Å²) in [5.41, 5.74) is 0. The second-order valence-electron chi connectivity index (χ2n) is 2.80. The van der Waals surface area contributed by atoms with Gasteiger partial charge in [0, 0.05) is 17.8 Å². The molecule has 1 rings (SSSR count). The summed E-state index contributed by atoms with van der Waals surface area (Å²) < 4.78 is 22.0. The van der Waals surface area contributed by atoms with Gasteiger partial charge in [-0.1, -0.05) is 0 Å². The van der Waals surface area contributed by atoms with Crippen molar-refractivity contribution in [1.29, 1.82) is 0 Å². The SMILES string of the molecule is CC(C(=O)Nc1nccs1)S(C)(=O)=O. The molecule has 0 saturated carbocycles. The first-order valence-corrected chi connectivity index (χ1v) is 6.64. The lowest BCUT2D eigenvalue weighted by Crippen LogP contribution is -2.31. The van der Waals surface area contributed by atoms with Crippen LogP contribution in [0.1, 0.15) is 6.92 Å². The van der Waals surface area contributed by atoms with Crippen LogP contribution in [-0.2, 0) is 14.6 Å². The fourth-order valence-corrected chi connectivity index (χ4v) is 1.67. The molecular formula is C7H10N2O3S2. The third-order valence-corrected chi connectivity index (χ3v) is 3.86. The zero-order valence-electron chi connectivity index (χ0n) is 7.72. The molecule has 78 valence electrons. The quantitative estimate of drug-likeness (QED) is 0.827. The summed E-state index contributed by atoms with van der Waals surface area (Å²) >= 11 is 1.24. The number of aromatic nitrogens is 1. The first-order valence-electron chi connectivity index (χ1n) is 3.80. The van der Waals surface area contributed by atoms with Crippen molar-refractivity contribution < 1.29 is 13.2 Å². The van der Waals surface area contributed by atoms with E-state index in [-0.39, 0.29) is 0 Å². The Labute approximate surface area is 86.1 Å². The molecule has 7 heteroatoms. The highest BCUT2D eigenvalue weighted by molar-refractivity contribution is 7.92. The lowest BCUT2D eigenvalue weighted by Gasteiger charge is -2.07. The number of amides is 1. The van der Waals surface area contributed by atoms with Gasteiger partial charge in [0.15, 0.2) is 15.0 Å². The molecule has 1 N–H and O–H groups in total. The normalized spacial score (nSPS) is 13.6. The zero-order chi connectivity index (χ0) is 10.8. The lowest BCUT2D eigenvalue weighted by molar-refractivity contribution is -0.115. The highest BCUT2D eigenvalue weighted by Gasteiger charge is 2.23. The number of carbonyl (C=O) groups is 1. The number of sulfone groups is 1. The number of thiazole rings is 1. The summed E-state index contributed by atoms with van der Waals surface area (Å²) in [6.45, 7) is 1.35. The molecule has 0 aromatic carbocycles. The van der Waals surface area contributed by atoms with Crippen LogP contribution in [-0.4, -0.2) is 30.8 Å². The summed E-state index contributed by atoms with van der Waals surface area (Å²) in [7, 11) is -3.34. The molecule has 0 bridgehead atoms. The Morgan fingerprint density at radius 3 is 2.71 bits per heavy atom. The predicted molar refractivity (Wildman–Crippen MR) is 55.0 cm³/mol. The van der Waals surface area contributed by atoms with E-state index in [1.807, 2.05) is 0 Å². The number of hydrogen-bond acceptors (Lipinski definition) is 5. The van der Waals surface area contributed by atoms with Crippen molar-refractivity contribution in [2.45, 2.75) is 12.2 Å². The number of nitrogens with one attached hydrogen (secondary N) is 1. The number of hydrogen-bond donors (Lipinski definition) is 1. The van der Waals surface area contributed by atoms with Crippen LogP contribution in [0.15, 0.2) is 11.6 Å². The Morgan fingerprint density at radius 1 is 1.64 bits per heavy atom. The molecule has 0 radical (unpaired) electrons. The minimum Gasteiger partial charge on any atom is -0.301 e. The molecule has 14 heavy (non-hydrogen) atoms. The van der Waals surface area contributed by atoms with Gasteiger partial charge in [-0.2, -0.15) is 0 Å². The molecule has 1 atom stereocenters. The van der Waals surface area contributed by atoms with Crippen LogP contribution in [0.5, 0.6) is 0 Å². The standard InChI is InChI=1S/C7H10N2O3S2/c1-5(14(2,11)12)6(10)9-7-8-3-4-13-7/h3-5H,1-2H3,(H,8,9,10). The van der Waals surface area contributed by atoms with Crippen LogP contribution in [0.2, 0.25) is 0 Å². The Bertz CT molecular complexity index is 410. The highest BCUT2D eigenvalue weighted by atomic mass is 32.2. The molecule has 0 saturated heterocycles. The Hall–Kier alpha value is -0.950. The zero-order valence-corrected chi connectivity index (χ0v) is 9.35. The summed E-state index contributed by atoms with van der Waals surface area (Å²) in [5.74, 6) is -0.553. The minimum atomic E-state index is -3.34. The van der Waals surface area contributed by atoms with E-state index in [0.717, 1.165) is 6.26 Å². The topological polar surface area (TPSA) is 76.1 Å². The van der Waals surface area contributed by atoms with Crippen molar-refractivity contribution in [3.63, 3.8) is 0 Å². The predicted octanol–water partition coefficient (Wildman–Crippen LogP) is 0.515. The van der Waals surface area contributed by atoms with Gasteiger partial charge in [0.1, 0.15) is 5.25 Å². The largest absolute Gasteiger partial charge is 0.301 e. The molecule has 5 nitrogen and oxygen atoms in total. The first kappa shape index (κ1) is 11.1. The Balaban J connectivity index is 2.69. The second kappa shape index (κ2) is 4.05. The summed E-state index contributed by atoms with van der Waals surface area (Å²) in [6.07, 6.45) is 2.56. The highest BCUT2D eigenvalue weighted by Crippen LogP contribution is 2.11. The molecule has 0 spiro atoms. The number of nitrogens with zero attached hydrogens (tertiary/aromatic N) is 1. The molecule has 0 aliphatic carbocycles. The second-order valence-corrected chi connectivity index (χ2v) is 6.06. The van der Waals surface area contributed by atoms with E-state index >= 15 is 0 Å². The number of carbonyl (C=O) groups excluding carboxylic acids is 1. The van der Waals surface area contributed by atoms with E-state index in [2.05, 4.69) is 10.3 Å². The molecule has 0 fully saturated rings. The first-order chi connectivity index (χ1) is 6.41. The molecule has 1 aromatic rings. The van der Waals surface area contributed by atoms with E-state index in [0.29, 0.717) is 5.13 Å². The van der Waals surface area contributed by atoms with Gasteiger partial charge in [-0.3, -0.25) is 4.79 Å². The summed E-state index contributed by atoms with van der Waals surface area (Å²) in [6, 6.07) is 0. The smallest absolute Gasteiger partial charge is 0.244 e. The van der Waals surface area contributed by atoms with Gasteiger partial charge in [-0.05, 0) is 6.92 Å². The van der Waals surface area contributed by atoms with Gasteiger partial charge in [0.25, 0.3) is 0 Å². The maximum Gasteiger partial charge on any atom is 0.244 e. The third kappa shape index (κ3) is 2.78. The van der Waals surface area contributed by atoms with Gasteiger partial charge in [0.05, 0.1) is 0 Å². The Morgan fingerprint density at radius 2 is 2.29 bits per heavy atom. The van der Waals surface area contributed by atoms with E-state index in [1.54, 1.807) is 5.38 Å². The van der Waals surface area contributed by atoms with E-state index in [1.165, 1.54) is 24.5 Å². The molecular weight excluding hydrogens is 224 g/mol. The van der Waals surface area contributed by atoms with Crippen molar-refractivity contribution in [3.8, 4) is 0 Å². The van der Waals surface area contributed by atoms with E-state index in [9.17, 15) is 13.2 Å². The minimum absolute atomic E-state index is 0.408. The maximum absolute atomic E-state index is 11.3. The monoisotopic (exact) mass is 234 g/mol. The summed E-state index contributed by atoms with van der Waals surface area (Å²) in [5, 5.41) is 3.47. The van der Waals surface area contributed by atoms with Crippen molar-refractivity contribution in [2.24, 2.45) is 0 Å². The van der Waals surface area contributed by atoms with Crippen LogP contribution in [0.3, 0.4) is 0 Å². The van der Waals surface area contributed by atoms with Crippen LogP contribution in [0, 0.1) is 0 Å². The van der Waals surface area contributed by atoms with Gasteiger partial charge < -0.3 is 5.32 Å². The van der Waals surface area contributed by atoms with Crippen LogP contribution < -0.4 is 5.32 Å². The average molecular weight is 234 g/mol. The molecule has 0 aliphatic rings. The van der Waals surface area contributed by atoms with Crippen LogP contribution in [0.4, 0.5) is 5.13 Å². The number of rotatable bonds is 3. The van der Waals surface area contributed by atoms with Gasteiger partial charge in [-0.15, -0.1) is 11.3 Å². The third-order valence-electron chi connectivity index (χ3n) is 1.67. The van der Waals surface area contributed by atoms with Crippen LogP contribution in [0.25, 0.3) is 0 Å². The van der Waals surface area contributed by atoms with Gasteiger partial charge in [0.2, 0.25) is 5.91 Å².